The molecule has 0 unspecified atom stereocenters. The molecule has 0 aliphatic carbocycles. The van der Waals surface area contributed by atoms with Gasteiger partial charge >= 0.3 is 6.01 Å². The van der Waals surface area contributed by atoms with Crippen molar-refractivity contribution < 1.29 is 9.53 Å². The molecule has 8 nitrogen and oxygen atoms in total. The first kappa shape index (κ1) is 19.0. The number of fused-ring (bicyclic) bond motifs is 1. The fourth-order valence-electron chi connectivity index (χ4n) is 3.68. The quantitative estimate of drug-likeness (QED) is 0.508. The highest BCUT2D eigenvalue weighted by Crippen LogP contribution is 2.21. The van der Waals surface area contributed by atoms with Crippen LogP contribution in [-0.2, 0) is 0 Å². The fraction of sp³-hybridized carbons (Fsp3) is 0.217. The predicted molar refractivity (Wildman–Crippen MR) is 114 cm³/mol. The number of ether oxygens (including phenoxy) is 1. The molecule has 1 saturated heterocycles. The number of benzene rings is 1. The number of hydrogen-bond donors (Lipinski definition) is 0. The van der Waals surface area contributed by atoms with Crippen molar-refractivity contribution in [1.82, 2.24) is 29.8 Å². The standard InChI is InChI=1S/C23H20N6O2/c30-22(17-1-2-20-21(13-17)26-10-9-25-20)29-11-5-19(6-12-29)31-23-27-14-18(15-28-23)16-3-7-24-8-4-16/h1-4,7-10,13-15,19H,5-6,11-12H2. The second-order valence-corrected chi connectivity index (χ2v) is 7.36. The fourth-order valence-corrected chi connectivity index (χ4v) is 3.68. The van der Waals surface area contributed by atoms with Crippen LogP contribution in [0.15, 0.2) is 67.5 Å². The van der Waals surface area contributed by atoms with Crippen molar-refractivity contribution in [1.29, 1.82) is 0 Å². The molecule has 1 fully saturated rings. The van der Waals surface area contributed by atoms with E-state index in [1.54, 1.807) is 49.3 Å². The predicted octanol–water partition coefficient (Wildman–Crippen LogP) is 3.17. The Bertz CT molecular complexity index is 1190. The molecule has 31 heavy (non-hydrogen) atoms. The Morgan fingerprint density at radius 1 is 0.839 bits per heavy atom. The van der Waals surface area contributed by atoms with Gasteiger partial charge in [-0.15, -0.1) is 0 Å². The van der Waals surface area contributed by atoms with Crippen molar-refractivity contribution in [2.24, 2.45) is 0 Å². The third kappa shape index (κ3) is 4.18. The lowest BCUT2D eigenvalue weighted by molar-refractivity contribution is 0.0579. The summed E-state index contributed by atoms with van der Waals surface area (Å²) in [5, 5.41) is 0. The highest BCUT2D eigenvalue weighted by Gasteiger charge is 2.25. The van der Waals surface area contributed by atoms with Gasteiger partial charge in [0.15, 0.2) is 0 Å². The van der Waals surface area contributed by atoms with Crippen molar-refractivity contribution in [2.75, 3.05) is 13.1 Å². The van der Waals surface area contributed by atoms with Gasteiger partial charge in [0.2, 0.25) is 0 Å². The Hall–Kier alpha value is -3.94. The Morgan fingerprint density at radius 2 is 1.55 bits per heavy atom. The van der Waals surface area contributed by atoms with E-state index in [1.807, 2.05) is 23.1 Å². The van der Waals surface area contributed by atoms with Crippen molar-refractivity contribution in [3.8, 4) is 17.1 Å². The molecule has 4 heterocycles. The Kier molecular flexibility index (Phi) is 5.18. The Balaban J connectivity index is 1.18. The largest absolute Gasteiger partial charge is 0.460 e. The SMILES string of the molecule is O=C(c1ccc2nccnc2c1)N1CCC(Oc2ncc(-c3ccncc3)cn2)CC1. The molecule has 8 heteroatoms. The van der Waals surface area contributed by atoms with Crippen molar-refractivity contribution >= 4 is 16.9 Å². The van der Waals surface area contributed by atoms with Crippen LogP contribution in [0.25, 0.3) is 22.2 Å². The monoisotopic (exact) mass is 412 g/mol. The van der Waals surface area contributed by atoms with E-state index in [1.165, 1.54) is 0 Å². The molecule has 0 saturated carbocycles. The number of rotatable bonds is 4. The number of piperidine rings is 1. The molecule has 1 aromatic carbocycles. The number of aromatic nitrogens is 5. The lowest BCUT2D eigenvalue weighted by Gasteiger charge is -2.31. The Morgan fingerprint density at radius 3 is 2.29 bits per heavy atom. The molecule has 0 atom stereocenters. The van der Waals surface area contributed by atoms with Crippen LogP contribution in [0.3, 0.4) is 0 Å². The summed E-state index contributed by atoms with van der Waals surface area (Å²) < 4.78 is 5.95. The summed E-state index contributed by atoms with van der Waals surface area (Å²) in [7, 11) is 0. The second kappa shape index (κ2) is 8.43. The van der Waals surface area contributed by atoms with Crippen LogP contribution in [0.4, 0.5) is 0 Å². The van der Waals surface area contributed by atoms with Gasteiger partial charge in [0.05, 0.1) is 11.0 Å². The van der Waals surface area contributed by atoms with E-state index in [9.17, 15) is 4.79 Å². The summed E-state index contributed by atoms with van der Waals surface area (Å²) >= 11 is 0. The third-order valence-corrected chi connectivity index (χ3v) is 5.36. The number of likely N-dealkylation sites (tertiary alicyclic amines) is 1. The van der Waals surface area contributed by atoms with Gasteiger partial charge in [0.25, 0.3) is 5.91 Å². The molecule has 1 amide bonds. The number of nitrogens with zero attached hydrogens (tertiary/aromatic N) is 6. The van der Waals surface area contributed by atoms with E-state index in [0.717, 1.165) is 35.0 Å². The summed E-state index contributed by atoms with van der Waals surface area (Å²) in [5.74, 6) is 0.00366. The minimum absolute atomic E-state index is 0.00366. The van der Waals surface area contributed by atoms with Gasteiger partial charge in [0, 0.05) is 74.2 Å². The first-order chi connectivity index (χ1) is 15.3. The van der Waals surface area contributed by atoms with Gasteiger partial charge in [-0.2, -0.15) is 0 Å². The molecule has 1 aliphatic heterocycles. The summed E-state index contributed by atoms with van der Waals surface area (Å²) in [6, 6.07) is 9.61. The van der Waals surface area contributed by atoms with Gasteiger partial charge in [0.1, 0.15) is 6.10 Å². The van der Waals surface area contributed by atoms with Gasteiger partial charge in [-0.05, 0) is 35.9 Å². The first-order valence-electron chi connectivity index (χ1n) is 10.2. The molecular formula is C23H20N6O2. The lowest BCUT2D eigenvalue weighted by Crippen LogP contribution is -2.41. The normalized spacial score (nSPS) is 14.5. The molecule has 1 aliphatic rings. The topological polar surface area (TPSA) is 94.0 Å². The molecule has 0 N–H and O–H groups in total. The molecule has 0 spiro atoms. The average Bonchev–Trinajstić information content (AvgIpc) is 2.85. The molecule has 5 rings (SSSR count). The highest BCUT2D eigenvalue weighted by molar-refractivity contribution is 5.97. The molecule has 0 bridgehead atoms. The van der Waals surface area contributed by atoms with E-state index in [4.69, 9.17) is 4.74 Å². The van der Waals surface area contributed by atoms with Crippen LogP contribution in [-0.4, -0.2) is 54.9 Å². The van der Waals surface area contributed by atoms with Gasteiger partial charge in [-0.3, -0.25) is 19.7 Å². The maximum Gasteiger partial charge on any atom is 0.316 e. The average molecular weight is 412 g/mol. The number of pyridine rings is 1. The highest BCUT2D eigenvalue weighted by atomic mass is 16.5. The summed E-state index contributed by atoms with van der Waals surface area (Å²) in [6.07, 6.45) is 11.7. The third-order valence-electron chi connectivity index (χ3n) is 5.36. The van der Waals surface area contributed by atoms with Gasteiger partial charge in [-0.25, -0.2) is 9.97 Å². The molecular weight excluding hydrogens is 392 g/mol. The van der Waals surface area contributed by atoms with Crippen LogP contribution in [0.2, 0.25) is 0 Å². The Labute approximate surface area is 179 Å². The van der Waals surface area contributed by atoms with E-state index < -0.39 is 0 Å². The zero-order valence-electron chi connectivity index (χ0n) is 16.8. The summed E-state index contributed by atoms with van der Waals surface area (Å²) in [6.45, 7) is 1.24. The van der Waals surface area contributed by atoms with Crippen LogP contribution < -0.4 is 4.74 Å². The van der Waals surface area contributed by atoms with Crippen LogP contribution in [0, 0.1) is 0 Å². The van der Waals surface area contributed by atoms with Crippen molar-refractivity contribution in [3.63, 3.8) is 0 Å². The minimum atomic E-state index is -0.0155. The maximum absolute atomic E-state index is 12.9. The summed E-state index contributed by atoms with van der Waals surface area (Å²) in [4.78, 5) is 36.0. The number of hydrogen-bond acceptors (Lipinski definition) is 7. The number of carbonyl (C=O) groups excluding carboxylic acids is 1. The van der Waals surface area contributed by atoms with Gasteiger partial charge < -0.3 is 9.64 Å². The maximum atomic E-state index is 12.9. The molecule has 154 valence electrons. The van der Waals surface area contributed by atoms with Crippen molar-refractivity contribution in [2.45, 2.75) is 18.9 Å². The number of carbonyl (C=O) groups is 1. The first-order valence-corrected chi connectivity index (χ1v) is 10.2. The molecule has 0 radical (unpaired) electrons. The zero-order valence-corrected chi connectivity index (χ0v) is 16.8. The lowest BCUT2D eigenvalue weighted by atomic mass is 10.1. The second-order valence-electron chi connectivity index (χ2n) is 7.36. The molecule has 4 aromatic rings. The van der Waals surface area contributed by atoms with Crippen LogP contribution in [0.1, 0.15) is 23.2 Å². The van der Waals surface area contributed by atoms with E-state index in [0.29, 0.717) is 24.7 Å². The minimum Gasteiger partial charge on any atom is -0.460 e. The van der Waals surface area contributed by atoms with Crippen LogP contribution in [0.5, 0.6) is 6.01 Å². The number of amides is 1. The van der Waals surface area contributed by atoms with E-state index in [2.05, 4.69) is 24.9 Å². The summed E-state index contributed by atoms with van der Waals surface area (Å²) in [5.41, 5.74) is 4.05. The van der Waals surface area contributed by atoms with Crippen LogP contribution >= 0.6 is 0 Å². The smallest absolute Gasteiger partial charge is 0.316 e. The zero-order chi connectivity index (χ0) is 21.0. The van der Waals surface area contributed by atoms with E-state index >= 15 is 0 Å². The molecule has 3 aromatic heterocycles. The van der Waals surface area contributed by atoms with E-state index in [-0.39, 0.29) is 12.0 Å². The van der Waals surface area contributed by atoms with Gasteiger partial charge in [-0.1, -0.05) is 0 Å². The van der Waals surface area contributed by atoms with Crippen molar-refractivity contribution in [3.05, 3.63) is 73.1 Å².